The predicted molar refractivity (Wildman–Crippen MR) is 158 cm³/mol. The number of rotatable bonds is 11. The van der Waals surface area contributed by atoms with E-state index in [0.717, 1.165) is 55.2 Å². The SMILES string of the molecule is COc1ccc([C@@H](C(=O)NC2CCCCC2)N(CCN2CCOCC2)C(=O)Cc2c[nH]c3ccccc23)cc1OC. The Bertz CT molecular complexity index is 1310. The molecule has 1 saturated heterocycles. The number of H-pyrrole nitrogens is 1. The van der Waals surface area contributed by atoms with Gasteiger partial charge in [0.05, 0.1) is 33.9 Å². The van der Waals surface area contributed by atoms with Crippen LogP contribution >= 0.6 is 0 Å². The molecule has 2 aliphatic rings. The number of para-hydroxylation sites is 1. The van der Waals surface area contributed by atoms with Crippen LogP contribution in [0.15, 0.2) is 48.7 Å². The third-order valence-electron chi connectivity index (χ3n) is 8.33. The van der Waals surface area contributed by atoms with Gasteiger partial charge in [-0.15, -0.1) is 0 Å². The second kappa shape index (κ2) is 13.9. The molecule has 1 aromatic heterocycles. The van der Waals surface area contributed by atoms with Crippen LogP contribution < -0.4 is 14.8 Å². The number of hydrogen-bond donors (Lipinski definition) is 2. The lowest BCUT2D eigenvalue weighted by molar-refractivity contribution is -0.141. The summed E-state index contributed by atoms with van der Waals surface area (Å²) in [6.45, 7) is 4.02. The second-order valence-electron chi connectivity index (χ2n) is 10.9. The van der Waals surface area contributed by atoms with Crippen LogP contribution in [0.25, 0.3) is 10.9 Å². The molecule has 1 atom stereocenters. The van der Waals surface area contributed by atoms with Crippen molar-refractivity contribution in [2.24, 2.45) is 0 Å². The molecule has 5 rings (SSSR count). The first-order valence-corrected chi connectivity index (χ1v) is 14.7. The minimum Gasteiger partial charge on any atom is -0.493 e. The normalized spacial score (nSPS) is 17.2. The van der Waals surface area contributed by atoms with Gasteiger partial charge in [-0.3, -0.25) is 14.5 Å². The van der Waals surface area contributed by atoms with Crippen LogP contribution in [0.5, 0.6) is 11.5 Å². The van der Waals surface area contributed by atoms with Crippen molar-refractivity contribution in [2.45, 2.75) is 50.6 Å². The maximum Gasteiger partial charge on any atom is 0.247 e. The van der Waals surface area contributed by atoms with Gasteiger partial charge in [-0.05, 0) is 42.2 Å². The molecule has 2 aromatic carbocycles. The Morgan fingerprint density at radius 1 is 1.05 bits per heavy atom. The van der Waals surface area contributed by atoms with E-state index in [1.165, 1.54) is 6.42 Å². The van der Waals surface area contributed by atoms with E-state index in [4.69, 9.17) is 14.2 Å². The number of carbonyl (C=O) groups excluding carboxylic acids is 2. The summed E-state index contributed by atoms with van der Waals surface area (Å²) in [6, 6.07) is 12.8. The van der Waals surface area contributed by atoms with E-state index in [-0.39, 0.29) is 24.3 Å². The van der Waals surface area contributed by atoms with Gasteiger partial charge < -0.3 is 29.4 Å². The van der Waals surface area contributed by atoms with Crippen molar-refractivity contribution < 1.29 is 23.8 Å². The molecule has 0 unspecified atom stereocenters. The summed E-state index contributed by atoms with van der Waals surface area (Å²) in [5.74, 6) is 0.852. The molecule has 9 heteroatoms. The van der Waals surface area contributed by atoms with Gasteiger partial charge in [0.1, 0.15) is 6.04 Å². The van der Waals surface area contributed by atoms with E-state index in [1.807, 2.05) is 42.6 Å². The number of nitrogens with one attached hydrogen (secondary N) is 2. The van der Waals surface area contributed by atoms with Gasteiger partial charge in [-0.1, -0.05) is 43.5 Å². The van der Waals surface area contributed by atoms with E-state index in [1.54, 1.807) is 25.2 Å². The Balaban J connectivity index is 1.49. The maximum atomic E-state index is 14.2. The van der Waals surface area contributed by atoms with Crippen molar-refractivity contribution in [3.8, 4) is 11.5 Å². The van der Waals surface area contributed by atoms with Crippen LogP contribution in [-0.4, -0.2) is 86.3 Å². The molecule has 2 heterocycles. The highest BCUT2D eigenvalue weighted by Crippen LogP contribution is 2.33. The minimum atomic E-state index is -0.810. The molecular formula is C32H42N4O5. The standard InChI is InChI=1S/C32H42N4O5/c1-39-28-13-12-23(20-29(28)40-2)31(32(38)34-25-8-4-3-5-9-25)36(15-14-35-16-18-41-19-17-35)30(37)21-24-22-33-27-11-7-6-10-26(24)27/h6-7,10-13,20,22,25,31,33H,3-5,8-9,14-19,21H2,1-2H3,(H,34,38)/t31-/m0/s1. The monoisotopic (exact) mass is 562 g/mol. The number of hydrogen-bond acceptors (Lipinski definition) is 6. The Morgan fingerprint density at radius 2 is 1.80 bits per heavy atom. The molecule has 1 saturated carbocycles. The zero-order valence-corrected chi connectivity index (χ0v) is 24.2. The lowest BCUT2D eigenvalue weighted by atomic mass is 9.94. The lowest BCUT2D eigenvalue weighted by Gasteiger charge is -2.36. The fraction of sp³-hybridized carbons (Fsp3) is 0.500. The maximum absolute atomic E-state index is 14.2. The summed E-state index contributed by atoms with van der Waals surface area (Å²) in [5.41, 5.74) is 2.60. The van der Waals surface area contributed by atoms with Crippen molar-refractivity contribution in [1.29, 1.82) is 0 Å². The lowest BCUT2D eigenvalue weighted by Crippen LogP contribution is -2.50. The van der Waals surface area contributed by atoms with Gasteiger partial charge >= 0.3 is 0 Å². The highest BCUT2D eigenvalue weighted by molar-refractivity contribution is 5.92. The number of fused-ring (bicyclic) bond motifs is 1. The first kappa shape index (κ1) is 29.0. The molecule has 220 valence electrons. The van der Waals surface area contributed by atoms with Gasteiger partial charge in [0.15, 0.2) is 11.5 Å². The number of nitrogens with zero attached hydrogens (tertiary/aromatic N) is 2. The van der Waals surface area contributed by atoms with Crippen LogP contribution in [0.3, 0.4) is 0 Å². The van der Waals surface area contributed by atoms with Crippen molar-refractivity contribution in [2.75, 3.05) is 53.6 Å². The first-order valence-electron chi connectivity index (χ1n) is 14.7. The number of methoxy groups -OCH3 is 2. The van der Waals surface area contributed by atoms with Crippen molar-refractivity contribution in [3.63, 3.8) is 0 Å². The van der Waals surface area contributed by atoms with E-state index < -0.39 is 6.04 Å². The quantitative estimate of drug-likeness (QED) is 0.366. The average Bonchev–Trinajstić information content (AvgIpc) is 3.42. The summed E-state index contributed by atoms with van der Waals surface area (Å²) in [4.78, 5) is 35.7. The number of benzene rings is 2. The van der Waals surface area contributed by atoms with Crippen LogP contribution in [0.1, 0.15) is 49.3 Å². The van der Waals surface area contributed by atoms with Crippen molar-refractivity contribution >= 4 is 22.7 Å². The Labute approximate surface area is 242 Å². The number of carbonyl (C=O) groups is 2. The van der Waals surface area contributed by atoms with Crippen LogP contribution in [0, 0.1) is 0 Å². The number of amides is 2. The van der Waals surface area contributed by atoms with E-state index in [0.29, 0.717) is 43.4 Å². The van der Waals surface area contributed by atoms with E-state index in [2.05, 4.69) is 15.2 Å². The van der Waals surface area contributed by atoms with Gasteiger partial charge in [-0.2, -0.15) is 0 Å². The van der Waals surface area contributed by atoms with Gasteiger partial charge in [0.2, 0.25) is 11.8 Å². The summed E-state index contributed by atoms with van der Waals surface area (Å²) >= 11 is 0. The van der Waals surface area contributed by atoms with Crippen LogP contribution in [0.2, 0.25) is 0 Å². The summed E-state index contributed by atoms with van der Waals surface area (Å²) in [5, 5.41) is 4.32. The van der Waals surface area contributed by atoms with E-state index >= 15 is 0 Å². The zero-order chi connectivity index (χ0) is 28.6. The third kappa shape index (κ3) is 7.02. The van der Waals surface area contributed by atoms with Gasteiger partial charge in [-0.25, -0.2) is 0 Å². The summed E-state index contributed by atoms with van der Waals surface area (Å²) in [6.07, 6.45) is 7.41. The molecule has 1 aliphatic heterocycles. The smallest absolute Gasteiger partial charge is 0.247 e. The number of morpholine rings is 1. The van der Waals surface area contributed by atoms with Crippen LogP contribution in [0.4, 0.5) is 0 Å². The first-order chi connectivity index (χ1) is 20.1. The average molecular weight is 563 g/mol. The summed E-state index contributed by atoms with van der Waals surface area (Å²) in [7, 11) is 3.17. The Morgan fingerprint density at radius 3 is 2.56 bits per heavy atom. The highest BCUT2D eigenvalue weighted by Gasteiger charge is 2.34. The second-order valence-corrected chi connectivity index (χ2v) is 10.9. The number of ether oxygens (including phenoxy) is 3. The predicted octanol–water partition coefficient (Wildman–Crippen LogP) is 4.08. The number of aromatic nitrogens is 1. The van der Waals surface area contributed by atoms with E-state index in [9.17, 15) is 9.59 Å². The summed E-state index contributed by atoms with van der Waals surface area (Å²) < 4.78 is 16.6. The number of aromatic amines is 1. The van der Waals surface area contributed by atoms with Gasteiger partial charge in [0.25, 0.3) is 0 Å². The topological polar surface area (TPSA) is 96.1 Å². The molecule has 2 N–H and O–H groups in total. The molecule has 41 heavy (non-hydrogen) atoms. The molecule has 2 amide bonds. The van der Waals surface area contributed by atoms with Gasteiger partial charge in [0, 0.05) is 49.3 Å². The molecule has 0 bridgehead atoms. The van der Waals surface area contributed by atoms with Crippen LogP contribution in [-0.2, 0) is 20.7 Å². The third-order valence-corrected chi connectivity index (χ3v) is 8.33. The van der Waals surface area contributed by atoms with Crippen molar-refractivity contribution in [1.82, 2.24) is 20.1 Å². The highest BCUT2D eigenvalue weighted by atomic mass is 16.5. The largest absolute Gasteiger partial charge is 0.493 e. The molecule has 0 spiro atoms. The zero-order valence-electron chi connectivity index (χ0n) is 24.2. The fourth-order valence-corrected chi connectivity index (χ4v) is 6.04. The minimum absolute atomic E-state index is 0.0957. The molecule has 2 fully saturated rings. The molecule has 9 nitrogen and oxygen atoms in total. The van der Waals surface area contributed by atoms with Crippen molar-refractivity contribution in [3.05, 3.63) is 59.8 Å². The molecule has 3 aromatic rings. The molecule has 1 aliphatic carbocycles. The fourth-order valence-electron chi connectivity index (χ4n) is 6.04. The Hall–Kier alpha value is -3.56. The molecular weight excluding hydrogens is 520 g/mol. The Kier molecular flexibility index (Phi) is 9.80. The molecule has 0 radical (unpaired) electrons.